The van der Waals surface area contributed by atoms with Crippen LogP contribution in [0, 0.1) is 0 Å². The van der Waals surface area contributed by atoms with E-state index < -0.39 is 18.4 Å². The maximum absolute atomic E-state index is 12.3. The molecule has 3 nitrogen and oxygen atoms in total. The third-order valence-electron chi connectivity index (χ3n) is 2.28. The highest BCUT2D eigenvalue weighted by molar-refractivity contribution is 5.85. The number of esters is 1. The van der Waals surface area contributed by atoms with Gasteiger partial charge in [0.05, 0.1) is 6.61 Å². The second-order valence-corrected chi connectivity index (χ2v) is 3.60. The van der Waals surface area contributed by atoms with Gasteiger partial charge in [-0.25, -0.2) is 8.78 Å². The molecule has 0 fully saturated rings. The zero-order chi connectivity index (χ0) is 12.8. The van der Waals surface area contributed by atoms with Crippen molar-refractivity contribution in [3.05, 3.63) is 35.4 Å². The van der Waals surface area contributed by atoms with Gasteiger partial charge in [-0.2, -0.15) is 0 Å². The number of nitrogens with two attached hydrogens (primary N) is 1. The number of ether oxygens (including phenoxy) is 1. The zero-order valence-corrected chi connectivity index (χ0v) is 10.8. The van der Waals surface area contributed by atoms with Crippen molar-refractivity contribution in [3.8, 4) is 0 Å². The Bertz CT molecular complexity index is 371. The van der Waals surface area contributed by atoms with Gasteiger partial charge in [-0.1, -0.05) is 24.3 Å². The van der Waals surface area contributed by atoms with Gasteiger partial charge in [0.15, 0.2) is 0 Å². The molecular formula is C12H16ClF2NO2. The van der Waals surface area contributed by atoms with E-state index in [1.54, 1.807) is 19.1 Å². The predicted octanol–water partition coefficient (Wildman–Crippen LogP) is 2.48. The van der Waals surface area contributed by atoms with Crippen LogP contribution in [0.3, 0.4) is 0 Å². The molecular weight excluding hydrogens is 264 g/mol. The standard InChI is InChI=1S/C12H15F2NO2.ClH/c1-2-17-12(16)10(15)7-8-3-5-9(6-4-8)11(13)14;/h3-6,10-11H,2,7,15H2,1H3;1H. The fourth-order valence-electron chi connectivity index (χ4n) is 1.39. The lowest BCUT2D eigenvalue weighted by molar-refractivity contribution is -0.144. The molecule has 102 valence electrons. The van der Waals surface area contributed by atoms with Crippen LogP contribution in [0.5, 0.6) is 0 Å². The smallest absolute Gasteiger partial charge is 0.323 e. The summed E-state index contributed by atoms with van der Waals surface area (Å²) < 4.78 is 29.3. The third kappa shape index (κ3) is 4.98. The molecule has 0 saturated carbocycles. The molecule has 2 N–H and O–H groups in total. The summed E-state index contributed by atoms with van der Waals surface area (Å²) in [6.07, 6.45) is -2.20. The molecule has 1 aromatic rings. The maximum Gasteiger partial charge on any atom is 0.323 e. The minimum Gasteiger partial charge on any atom is -0.465 e. The van der Waals surface area contributed by atoms with Crippen molar-refractivity contribution in [1.82, 2.24) is 0 Å². The van der Waals surface area contributed by atoms with Gasteiger partial charge < -0.3 is 10.5 Å². The average molecular weight is 280 g/mol. The summed E-state index contributed by atoms with van der Waals surface area (Å²) >= 11 is 0. The van der Waals surface area contributed by atoms with Crippen LogP contribution in [0.2, 0.25) is 0 Å². The van der Waals surface area contributed by atoms with E-state index >= 15 is 0 Å². The van der Waals surface area contributed by atoms with Crippen LogP contribution in [0.4, 0.5) is 8.78 Å². The summed E-state index contributed by atoms with van der Waals surface area (Å²) in [4.78, 5) is 11.3. The number of hydrogen-bond donors (Lipinski definition) is 1. The molecule has 0 saturated heterocycles. The fourth-order valence-corrected chi connectivity index (χ4v) is 1.39. The lowest BCUT2D eigenvalue weighted by Gasteiger charge is -2.10. The van der Waals surface area contributed by atoms with E-state index in [2.05, 4.69) is 0 Å². The summed E-state index contributed by atoms with van der Waals surface area (Å²) in [5.74, 6) is -0.481. The molecule has 0 heterocycles. The van der Waals surface area contributed by atoms with Crippen molar-refractivity contribution in [3.63, 3.8) is 0 Å². The van der Waals surface area contributed by atoms with Crippen molar-refractivity contribution in [2.45, 2.75) is 25.8 Å². The molecule has 0 aliphatic rings. The van der Waals surface area contributed by atoms with Crippen LogP contribution in [0.25, 0.3) is 0 Å². The van der Waals surface area contributed by atoms with Crippen LogP contribution in [0.1, 0.15) is 24.5 Å². The SMILES string of the molecule is CCOC(=O)C(N)Cc1ccc(C(F)F)cc1.Cl. The van der Waals surface area contributed by atoms with Crippen LogP contribution < -0.4 is 5.73 Å². The average Bonchev–Trinajstić information content (AvgIpc) is 2.30. The van der Waals surface area contributed by atoms with Crippen LogP contribution in [-0.2, 0) is 16.0 Å². The molecule has 18 heavy (non-hydrogen) atoms. The van der Waals surface area contributed by atoms with E-state index in [4.69, 9.17) is 10.5 Å². The van der Waals surface area contributed by atoms with Crippen molar-refractivity contribution < 1.29 is 18.3 Å². The molecule has 0 bridgehead atoms. The van der Waals surface area contributed by atoms with Gasteiger partial charge in [-0.15, -0.1) is 12.4 Å². The minimum atomic E-state index is -2.48. The normalized spacial score (nSPS) is 11.8. The van der Waals surface area contributed by atoms with E-state index in [9.17, 15) is 13.6 Å². The summed E-state index contributed by atoms with van der Waals surface area (Å²) in [5, 5.41) is 0. The summed E-state index contributed by atoms with van der Waals surface area (Å²) in [6.45, 7) is 1.97. The van der Waals surface area contributed by atoms with Gasteiger partial charge >= 0.3 is 5.97 Å². The Kier molecular flexibility index (Phi) is 7.47. The first-order valence-corrected chi connectivity index (χ1v) is 5.33. The highest BCUT2D eigenvalue weighted by Crippen LogP contribution is 2.19. The van der Waals surface area contributed by atoms with Gasteiger partial charge in [0, 0.05) is 5.56 Å². The number of carbonyl (C=O) groups is 1. The number of rotatable bonds is 5. The highest BCUT2D eigenvalue weighted by Gasteiger charge is 2.15. The quantitative estimate of drug-likeness (QED) is 0.843. The molecule has 0 aliphatic carbocycles. The van der Waals surface area contributed by atoms with Crippen molar-refractivity contribution in [1.29, 1.82) is 0 Å². The van der Waals surface area contributed by atoms with Crippen molar-refractivity contribution in [2.75, 3.05) is 6.61 Å². The Morgan fingerprint density at radius 3 is 2.33 bits per heavy atom. The van der Waals surface area contributed by atoms with E-state index in [-0.39, 0.29) is 31.0 Å². The van der Waals surface area contributed by atoms with Crippen molar-refractivity contribution in [2.24, 2.45) is 5.73 Å². The summed E-state index contributed by atoms with van der Waals surface area (Å²) in [5.41, 5.74) is 6.30. The molecule has 1 unspecified atom stereocenters. The van der Waals surface area contributed by atoms with E-state index in [0.29, 0.717) is 0 Å². The molecule has 0 radical (unpaired) electrons. The molecule has 0 amide bonds. The zero-order valence-electron chi connectivity index (χ0n) is 9.94. The molecule has 1 rings (SSSR count). The van der Waals surface area contributed by atoms with Gasteiger partial charge in [0.1, 0.15) is 6.04 Å². The number of benzene rings is 1. The second-order valence-electron chi connectivity index (χ2n) is 3.60. The van der Waals surface area contributed by atoms with Gasteiger partial charge in [-0.3, -0.25) is 4.79 Å². The predicted molar refractivity (Wildman–Crippen MR) is 67.0 cm³/mol. The Morgan fingerprint density at radius 2 is 1.89 bits per heavy atom. The first-order chi connectivity index (χ1) is 8.04. The van der Waals surface area contributed by atoms with Gasteiger partial charge in [0.2, 0.25) is 0 Å². The molecule has 0 spiro atoms. The molecule has 1 aromatic carbocycles. The Hall–Kier alpha value is -1.20. The lowest BCUT2D eigenvalue weighted by Crippen LogP contribution is -2.34. The fraction of sp³-hybridized carbons (Fsp3) is 0.417. The molecule has 1 atom stereocenters. The number of hydrogen-bond acceptors (Lipinski definition) is 3. The summed E-state index contributed by atoms with van der Waals surface area (Å²) in [7, 11) is 0. The second kappa shape index (κ2) is 8.00. The maximum atomic E-state index is 12.3. The number of carbonyl (C=O) groups excluding carboxylic acids is 1. The molecule has 0 aromatic heterocycles. The van der Waals surface area contributed by atoms with Gasteiger partial charge in [-0.05, 0) is 18.9 Å². The monoisotopic (exact) mass is 279 g/mol. The van der Waals surface area contributed by atoms with Crippen LogP contribution >= 0.6 is 12.4 Å². The number of halogens is 3. The summed E-state index contributed by atoms with van der Waals surface area (Å²) in [6, 6.07) is 4.99. The van der Waals surface area contributed by atoms with Crippen molar-refractivity contribution >= 4 is 18.4 Å². The third-order valence-corrected chi connectivity index (χ3v) is 2.28. The van der Waals surface area contributed by atoms with E-state index in [1.807, 2.05) is 0 Å². The first-order valence-electron chi connectivity index (χ1n) is 5.33. The highest BCUT2D eigenvalue weighted by atomic mass is 35.5. The van der Waals surface area contributed by atoms with Crippen LogP contribution in [-0.4, -0.2) is 18.6 Å². The largest absolute Gasteiger partial charge is 0.465 e. The Labute approximate surface area is 111 Å². The first kappa shape index (κ1) is 16.8. The Balaban J connectivity index is 0.00000289. The van der Waals surface area contributed by atoms with E-state index in [0.717, 1.165) is 5.56 Å². The molecule has 0 aliphatic heterocycles. The minimum absolute atomic E-state index is 0. The lowest BCUT2D eigenvalue weighted by atomic mass is 10.0. The number of alkyl halides is 2. The van der Waals surface area contributed by atoms with Crippen LogP contribution in [0.15, 0.2) is 24.3 Å². The Morgan fingerprint density at radius 1 is 1.33 bits per heavy atom. The topological polar surface area (TPSA) is 52.3 Å². The molecule has 6 heteroatoms. The van der Waals surface area contributed by atoms with E-state index in [1.165, 1.54) is 12.1 Å². The van der Waals surface area contributed by atoms with Gasteiger partial charge in [0.25, 0.3) is 6.43 Å².